The molecular weight excluding hydrogens is 389 g/mol. The van der Waals surface area contributed by atoms with Gasteiger partial charge in [-0.2, -0.15) is 13.2 Å². The summed E-state index contributed by atoms with van der Waals surface area (Å²) in [4.78, 5) is 25.6. The Morgan fingerprint density at radius 2 is 1.83 bits per heavy atom. The Balaban J connectivity index is 0.000000370. The number of carboxylic acids is 1. The van der Waals surface area contributed by atoms with E-state index in [1.165, 1.54) is 5.56 Å². The highest BCUT2D eigenvalue weighted by Crippen LogP contribution is 2.34. The number of nitrogens with zero attached hydrogens (tertiary/aromatic N) is 2. The van der Waals surface area contributed by atoms with Gasteiger partial charge in [-0.15, -0.1) is 0 Å². The third-order valence-corrected chi connectivity index (χ3v) is 5.20. The molecule has 3 atom stereocenters. The molecular formula is C20H27F3N2O4. The van der Waals surface area contributed by atoms with E-state index >= 15 is 0 Å². The SMILES string of the molecule is CN(C)C(=O)[C@@H]1CCO[C@@H]2CCN(Cc3ccccc3)C[C@@H]21.O=C(O)C(F)(F)F. The number of benzene rings is 1. The van der Waals surface area contributed by atoms with Crippen LogP contribution in [-0.2, 0) is 20.9 Å². The Labute approximate surface area is 168 Å². The predicted molar refractivity (Wildman–Crippen MR) is 100 cm³/mol. The molecule has 1 aromatic carbocycles. The van der Waals surface area contributed by atoms with Crippen LogP contribution in [0.4, 0.5) is 13.2 Å². The minimum atomic E-state index is -5.08. The standard InChI is InChI=1S/C18H26N2O2.C2HF3O2/c1-19(2)18(21)15-9-11-22-17-8-10-20(13-16(15)17)12-14-6-4-3-5-7-14;3-2(4,5)1(6)7/h3-7,15-17H,8-13H2,1-2H3;(H,6,7)/t15-,16-,17-;/m1./s1. The highest BCUT2D eigenvalue weighted by molar-refractivity contribution is 5.78. The minimum Gasteiger partial charge on any atom is -0.475 e. The Kier molecular flexibility index (Phi) is 8.04. The Hall–Kier alpha value is -2.13. The van der Waals surface area contributed by atoms with E-state index in [4.69, 9.17) is 14.6 Å². The van der Waals surface area contributed by atoms with Gasteiger partial charge in [0.2, 0.25) is 5.91 Å². The number of hydrogen-bond donors (Lipinski definition) is 1. The first kappa shape index (κ1) is 23.2. The van der Waals surface area contributed by atoms with E-state index in [9.17, 15) is 18.0 Å². The molecule has 2 fully saturated rings. The van der Waals surface area contributed by atoms with Crippen molar-refractivity contribution in [2.45, 2.75) is 31.7 Å². The van der Waals surface area contributed by atoms with E-state index in [-0.39, 0.29) is 17.9 Å². The maximum Gasteiger partial charge on any atom is 0.490 e. The van der Waals surface area contributed by atoms with Crippen LogP contribution in [0.5, 0.6) is 0 Å². The number of alkyl halides is 3. The van der Waals surface area contributed by atoms with E-state index in [2.05, 4.69) is 35.2 Å². The van der Waals surface area contributed by atoms with Crippen molar-refractivity contribution in [1.82, 2.24) is 9.80 Å². The van der Waals surface area contributed by atoms with Gasteiger partial charge >= 0.3 is 12.1 Å². The summed E-state index contributed by atoms with van der Waals surface area (Å²) in [5, 5.41) is 7.12. The molecule has 1 N–H and O–H groups in total. The number of ether oxygens (including phenoxy) is 1. The summed E-state index contributed by atoms with van der Waals surface area (Å²) in [7, 11) is 3.72. The molecule has 1 amide bonds. The fourth-order valence-electron chi connectivity index (χ4n) is 3.81. The maximum atomic E-state index is 12.5. The van der Waals surface area contributed by atoms with Gasteiger partial charge in [0.25, 0.3) is 0 Å². The lowest BCUT2D eigenvalue weighted by molar-refractivity contribution is -0.192. The van der Waals surface area contributed by atoms with E-state index in [0.29, 0.717) is 5.92 Å². The van der Waals surface area contributed by atoms with Gasteiger partial charge in [0.1, 0.15) is 0 Å². The van der Waals surface area contributed by atoms with Crippen LogP contribution in [0.25, 0.3) is 0 Å². The van der Waals surface area contributed by atoms with E-state index in [0.717, 1.165) is 39.1 Å². The van der Waals surface area contributed by atoms with Crippen molar-refractivity contribution in [2.75, 3.05) is 33.8 Å². The number of likely N-dealkylation sites (tertiary alicyclic amines) is 1. The van der Waals surface area contributed by atoms with Crippen LogP contribution in [0.3, 0.4) is 0 Å². The zero-order valence-corrected chi connectivity index (χ0v) is 16.6. The number of hydrogen-bond acceptors (Lipinski definition) is 4. The largest absolute Gasteiger partial charge is 0.490 e. The molecule has 0 saturated carbocycles. The number of carboxylic acid groups (broad SMARTS) is 1. The molecule has 2 aliphatic heterocycles. The summed E-state index contributed by atoms with van der Waals surface area (Å²) in [6.07, 6.45) is -2.93. The Morgan fingerprint density at radius 1 is 1.21 bits per heavy atom. The Bertz CT molecular complexity index is 682. The number of aliphatic carboxylic acids is 1. The molecule has 0 bridgehead atoms. The second-order valence-corrected chi connectivity index (χ2v) is 7.51. The summed E-state index contributed by atoms with van der Waals surface area (Å²) in [6, 6.07) is 10.6. The van der Waals surface area contributed by atoms with Gasteiger partial charge in [-0.25, -0.2) is 4.79 Å². The third kappa shape index (κ3) is 6.71. The second-order valence-electron chi connectivity index (χ2n) is 7.51. The number of halogens is 3. The molecule has 0 aliphatic carbocycles. The number of amides is 1. The molecule has 9 heteroatoms. The number of carbonyl (C=O) groups is 2. The fourth-order valence-corrected chi connectivity index (χ4v) is 3.81. The topological polar surface area (TPSA) is 70.1 Å². The summed E-state index contributed by atoms with van der Waals surface area (Å²) < 4.78 is 37.7. The first-order chi connectivity index (χ1) is 13.6. The predicted octanol–water partition coefficient (Wildman–Crippen LogP) is 2.64. The van der Waals surface area contributed by atoms with Crippen molar-refractivity contribution in [2.24, 2.45) is 11.8 Å². The minimum absolute atomic E-state index is 0.118. The first-order valence-corrected chi connectivity index (χ1v) is 9.48. The van der Waals surface area contributed by atoms with Gasteiger partial charge < -0.3 is 14.7 Å². The van der Waals surface area contributed by atoms with E-state index in [1.54, 1.807) is 4.90 Å². The van der Waals surface area contributed by atoms with Crippen molar-refractivity contribution in [3.63, 3.8) is 0 Å². The van der Waals surface area contributed by atoms with Crippen LogP contribution in [0.1, 0.15) is 18.4 Å². The third-order valence-electron chi connectivity index (χ3n) is 5.20. The van der Waals surface area contributed by atoms with Crippen molar-refractivity contribution in [3.8, 4) is 0 Å². The van der Waals surface area contributed by atoms with Crippen LogP contribution in [0.2, 0.25) is 0 Å². The van der Waals surface area contributed by atoms with Crippen molar-refractivity contribution in [1.29, 1.82) is 0 Å². The first-order valence-electron chi connectivity index (χ1n) is 9.48. The Morgan fingerprint density at radius 3 is 2.38 bits per heavy atom. The average Bonchev–Trinajstić information content (AvgIpc) is 2.67. The van der Waals surface area contributed by atoms with Gasteiger partial charge in [-0.3, -0.25) is 9.69 Å². The lowest BCUT2D eigenvalue weighted by Crippen LogP contribution is -2.52. The molecule has 6 nitrogen and oxygen atoms in total. The van der Waals surface area contributed by atoms with Crippen molar-refractivity contribution >= 4 is 11.9 Å². The van der Waals surface area contributed by atoms with Crippen LogP contribution < -0.4 is 0 Å². The lowest BCUT2D eigenvalue weighted by Gasteiger charge is -2.45. The molecule has 2 heterocycles. The maximum absolute atomic E-state index is 12.5. The molecule has 0 spiro atoms. The smallest absolute Gasteiger partial charge is 0.475 e. The molecule has 2 aliphatic rings. The normalized spacial score (nSPS) is 24.7. The summed E-state index contributed by atoms with van der Waals surface area (Å²) in [5.74, 6) is -2.04. The number of piperidine rings is 1. The van der Waals surface area contributed by atoms with Crippen molar-refractivity contribution < 1.29 is 32.6 Å². The number of carbonyl (C=O) groups excluding carboxylic acids is 1. The van der Waals surface area contributed by atoms with Gasteiger partial charge in [0.15, 0.2) is 0 Å². The zero-order valence-electron chi connectivity index (χ0n) is 16.6. The number of fused-ring (bicyclic) bond motifs is 1. The lowest BCUT2D eigenvalue weighted by atomic mass is 9.78. The van der Waals surface area contributed by atoms with Crippen LogP contribution in [0, 0.1) is 11.8 Å². The summed E-state index contributed by atoms with van der Waals surface area (Å²) in [5.41, 5.74) is 1.34. The molecule has 1 aromatic rings. The van der Waals surface area contributed by atoms with Crippen molar-refractivity contribution in [3.05, 3.63) is 35.9 Å². The zero-order chi connectivity index (χ0) is 21.6. The molecule has 0 radical (unpaired) electrons. The highest BCUT2D eigenvalue weighted by Gasteiger charge is 2.42. The van der Waals surface area contributed by atoms with Crippen LogP contribution in [-0.4, -0.2) is 72.9 Å². The monoisotopic (exact) mass is 416 g/mol. The molecule has 0 unspecified atom stereocenters. The van der Waals surface area contributed by atoms with E-state index in [1.807, 2.05) is 14.1 Å². The molecule has 2 saturated heterocycles. The molecule has 29 heavy (non-hydrogen) atoms. The highest BCUT2D eigenvalue weighted by atomic mass is 19.4. The fraction of sp³-hybridized carbons (Fsp3) is 0.600. The van der Waals surface area contributed by atoms with Crippen LogP contribution in [0.15, 0.2) is 30.3 Å². The average molecular weight is 416 g/mol. The van der Waals surface area contributed by atoms with Gasteiger partial charge in [0.05, 0.1) is 6.10 Å². The van der Waals surface area contributed by atoms with Gasteiger partial charge in [0, 0.05) is 52.2 Å². The molecule has 162 valence electrons. The number of rotatable bonds is 3. The molecule has 3 rings (SSSR count). The van der Waals surface area contributed by atoms with Gasteiger partial charge in [-0.1, -0.05) is 30.3 Å². The quantitative estimate of drug-likeness (QED) is 0.821. The van der Waals surface area contributed by atoms with Crippen LogP contribution >= 0.6 is 0 Å². The van der Waals surface area contributed by atoms with E-state index < -0.39 is 12.1 Å². The summed E-state index contributed by atoms with van der Waals surface area (Å²) in [6.45, 7) is 3.71. The second kappa shape index (κ2) is 10.1. The molecule has 0 aromatic heterocycles. The van der Waals surface area contributed by atoms with Gasteiger partial charge in [-0.05, 0) is 18.4 Å². The summed E-state index contributed by atoms with van der Waals surface area (Å²) >= 11 is 0.